The second kappa shape index (κ2) is 4.45. The van der Waals surface area contributed by atoms with Gasteiger partial charge >= 0.3 is 0 Å². The molecule has 2 rings (SSSR count). The van der Waals surface area contributed by atoms with Crippen LogP contribution in [0.2, 0.25) is 0 Å². The predicted molar refractivity (Wildman–Crippen MR) is 58.6 cm³/mol. The van der Waals surface area contributed by atoms with Gasteiger partial charge in [-0.05, 0) is 36.3 Å². The molecule has 1 amide bonds. The number of rotatable bonds is 2. The Labute approximate surface area is 92.7 Å². The first-order valence-electron chi connectivity index (χ1n) is 5.04. The Bertz CT molecular complexity index is 405. The summed E-state index contributed by atoms with van der Waals surface area (Å²) < 4.78 is 0. The third kappa shape index (κ3) is 2.02. The lowest BCUT2D eigenvalue weighted by molar-refractivity contribution is -0.122. The highest BCUT2D eigenvalue weighted by molar-refractivity contribution is 7.10. The number of carbonyl (C=O) groups excluding carboxylic acids is 1. The van der Waals surface area contributed by atoms with Crippen molar-refractivity contribution in [2.24, 2.45) is 0 Å². The molecule has 0 bridgehead atoms. The Kier molecular flexibility index (Phi) is 3.02. The molecule has 1 aromatic heterocycles. The lowest BCUT2D eigenvalue weighted by Crippen LogP contribution is -2.31. The van der Waals surface area contributed by atoms with E-state index in [1.807, 2.05) is 17.5 Å². The Morgan fingerprint density at radius 3 is 3.40 bits per heavy atom. The molecule has 1 N–H and O–H groups in total. The summed E-state index contributed by atoms with van der Waals surface area (Å²) >= 11 is 1.73. The van der Waals surface area contributed by atoms with Gasteiger partial charge in [0.05, 0.1) is 12.0 Å². The summed E-state index contributed by atoms with van der Waals surface area (Å²) in [5, 5.41) is 13.1. The third-order valence-corrected chi connectivity index (χ3v) is 3.71. The first-order chi connectivity index (χ1) is 7.33. The monoisotopic (exact) mass is 220 g/mol. The maximum atomic E-state index is 11.8. The zero-order valence-corrected chi connectivity index (χ0v) is 9.14. The number of hydrogen-bond donors (Lipinski definition) is 1. The van der Waals surface area contributed by atoms with E-state index in [-0.39, 0.29) is 18.4 Å². The molecule has 1 heterocycles. The summed E-state index contributed by atoms with van der Waals surface area (Å²) in [4.78, 5) is 13.1. The van der Waals surface area contributed by atoms with Gasteiger partial charge in [0, 0.05) is 4.88 Å². The molecule has 0 radical (unpaired) electrons. The van der Waals surface area contributed by atoms with Crippen molar-refractivity contribution in [3.05, 3.63) is 21.9 Å². The van der Waals surface area contributed by atoms with Crippen LogP contribution in [0.3, 0.4) is 0 Å². The molecule has 1 aromatic rings. The largest absolute Gasteiger partial charge is 0.342 e. The van der Waals surface area contributed by atoms with E-state index in [2.05, 4.69) is 5.32 Å². The highest BCUT2D eigenvalue weighted by Gasteiger charge is 2.26. The lowest BCUT2D eigenvalue weighted by atomic mass is 9.87. The van der Waals surface area contributed by atoms with Gasteiger partial charge in [-0.25, -0.2) is 0 Å². The van der Waals surface area contributed by atoms with Crippen molar-refractivity contribution in [1.82, 2.24) is 5.32 Å². The van der Waals surface area contributed by atoms with Crippen molar-refractivity contribution < 1.29 is 4.79 Å². The van der Waals surface area contributed by atoms with Gasteiger partial charge in [0.25, 0.3) is 0 Å². The van der Waals surface area contributed by atoms with Crippen molar-refractivity contribution >= 4 is 17.2 Å². The number of thiophene rings is 1. The van der Waals surface area contributed by atoms with Crippen molar-refractivity contribution in [2.45, 2.75) is 25.2 Å². The van der Waals surface area contributed by atoms with E-state index in [4.69, 9.17) is 5.26 Å². The molecule has 0 spiro atoms. The van der Waals surface area contributed by atoms with Crippen LogP contribution < -0.4 is 5.32 Å². The van der Waals surface area contributed by atoms with Crippen LogP contribution in [0.5, 0.6) is 0 Å². The first-order valence-corrected chi connectivity index (χ1v) is 5.92. The molecule has 1 atom stereocenters. The molecule has 15 heavy (non-hydrogen) atoms. The van der Waals surface area contributed by atoms with Crippen molar-refractivity contribution in [3.8, 4) is 6.07 Å². The summed E-state index contributed by atoms with van der Waals surface area (Å²) in [7, 11) is 0. The van der Waals surface area contributed by atoms with Crippen LogP contribution in [0.4, 0.5) is 0 Å². The lowest BCUT2D eigenvalue weighted by Gasteiger charge is -2.21. The Balaban J connectivity index is 2.12. The number of carbonyl (C=O) groups is 1. The van der Waals surface area contributed by atoms with Gasteiger partial charge in [-0.3, -0.25) is 4.79 Å². The highest BCUT2D eigenvalue weighted by Crippen LogP contribution is 2.34. The van der Waals surface area contributed by atoms with Crippen LogP contribution in [0.1, 0.15) is 29.2 Å². The summed E-state index contributed by atoms with van der Waals surface area (Å²) in [6.45, 7) is 0.106. The van der Waals surface area contributed by atoms with Crippen LogP contribution >= 0.6 is 11.3 Å². The van der Waals surface area contributed by atoms with E-state index >= 15 is 0 Å². The fourth-order valence-electron chi connectivity index (χ4n) is 2.01. The number of fused-ring (bicyclic) bond motifs is 1. The van der Waals surface area contributed by atoms with Crippen molar-refractivity contribution in [3.63, 3.8) is 0 Å². The number of nitrogens with one attached hydrogen (secondary N) is 1. The van der Waals surface area contributed by atoms with Gasteiger partial charge in [0.1, 0.15) is 6.54 Å². The fourth-order valence-corrected chi connectivity index (χ4v) is 3.00. The molecule has 0 fully saturated rings. The SMILES string of the molecule is N#CCNC(=O)C1CCCc2sccc21. The molecule has 4 heteroatoms. The van der Waals surface area contributed by atoms with Gasteiger partial charge in [0.15, 0.2) is 0 Å². The standard InChI is InChI=1S/C11H12N2OS/c12-5-6-13-11(14)9-2-1-3-10-8(9)4-7-15-10/h4,7,9H,1-3,6H2,(H,13,14). The number of aryl methyl sites for hydroxylation is 1. The zero-order chi connectivity index (χ0) is 10.7. The second-order valence-electron chi connectivity index (χ2n) is 3.62. The molecule has 0 aromatic carbocycles. The van der Waals surface area contributed by atoms with Crippen LogP contribution in [0.15, 0.2) is 11.4 Å². The van der Waals surface area contributed by atoms with E-state index in [0.717, 1.165) is 19.3 Å². The number of amides is 1. The number of nitriles is 1. The van der Waals surface area contributed by atoms with E-state index in [9.17, 15) is 4.79 Å². The van der Waals surface area contributed by atoms with E-state index < -0.39 is 0 Å². The third-order valence-electron chi connectivity index (χ3n) is 2.71. The Morgan fingerprint density at radius 1 is 1.73 bits per heavy atom. The van der Waals surface area contributed by atoms with Crippen molar-refractivity contribution in [1.29, 1.82) is 5.26 Å². The Hall–Kier alpha value is -1.34. The van der Waals surface area contributed by atoms with Crippen LogP contribution in [-0.2, 0) is 11.2 Å². The fraction of sp³-hybridized carbons (Fsp3) is 0.455. The summed E-state index contributed by atoms with van der Waals surface area (Å²) in [5.74, 6) is -0.0377. The molecular formula is C11H12N2OS. The van der Waals surface area contributed by atoms with Crippen LogP contribution in [0, 0.1) is 11.3 Å². The topological polar surface area (TPSA) is 52.9 Å². The summed E-state index contributed by atoms with van der Waals surface area (Å²) in [6.07, 6.45) is 3.06. The van der Waals surface area contributed by atoms with Gasteiger partial charge in [-0.1, -0.05) is 0 Å². The molecule has 1 aliphatic carbocycles. The maximum Gasteiger partial charge on any atom is 0.228 e. The van der Waals surface area contributed by atoms with Crippen LogP contribution in [-0.4, -0.2) is 12.5 Å². The summed E-state index contributed by atoms with van der Waals surface area (Å²) in [5.41, 5.74) is 1.17. The smallest absolute Gasteiger partial charge is 0.228 e. The van der Waals surface area contributed by atoms with E-state index in [1.165, 1.54) is 10.4 Å². The van der Waals surface area contributed by atoms with E-state index in [1.54, 1.807) is 11.3 Å². The zero-order valence-electron chi connectivity index (χ0n) is 8.32. The van der Waals surface area contributed by atoms with Gasteiger partial charge < -0.3 is 5.32 Å². The predicted octanol–water partition coefficient (Wildman–Crippen LogP) is 1.81. The molecule has 0 saturated carbocycles. The number of nitrogens with zero attached hydrogens (tertiary/aromatic N) is 1. The highest BCUT2D eigenvalue weighted by atomic mass is 32.1. The minimum atomic E-state index is -0.0339. The van der Waals surface area contributed by atoms with Crippen molar-refractivity contribution in [2.75, 3.05) is 6.54 Å². The molecule has 3 nitrogen and oxygen atoms in total. The molecule has 0 aliphatic heterocycles. The molecule has 78 valence electrons. The first kappa shape index (κ1) is 10.2. The Morgan fingerprint density at radius 2 is 2.60 bits per heavy atom. The molecule has 0 saturated heterocycles. The van der Waals surface area contributed by atoms with Crippen LogP contribution in [0.25, 0.3) is 0 Å². The minimum absolute atomic E-state index is 0.00380. The quantitative estimate of drug-likeness (QED) is 0.773. The molecular weight excluding hydrogens is 208 g/mol. The molecule has 1 unspecified atom stereocenters. The van der Waals surface area contributed by atoms with E-state index in [0.29, 0.717) is 0 Å². The van der Waals surface area contributed by atoms with Gasteiger partial charge in [-0.15, -0.1) is 11.3 Å². The normalized spacial score (nSPS) is 19.0. The maximum absolute atomic E-state index is 11.8. The average molecular weight is 220 g/mol. The average Bonchev–Trinajstić information content (AvgIpc) is 2.73. The second-order valence-corrected chi connectivity index (χ2v) is 4.62. The van der Waals surface area contributed by atoms with Gasteiger partial charge in [-0.2, -0.15) is 5.26 Å². The number of hydrogen-bond acceptors (Lipinski definition) is 3. The van der Waals surface area contributed by atoms with Gasteiger partial charge in [0.2, 0.25) is 5.91 Å². The minimum Gasteiger partial charge on any atom is -0.342 e. The summed E-state index contributed by atoms with van der Waals surface area (Å²) in [6, 6.07) is 3.96. The molecule has 1 aliphatic rings.